The molecule has 0 saturated heterocycles. The van der Waals surface area contributed by atoms with Gasteiger partial charge in [-0.3, -0.25) is 0 Å². The van der Waals surface area contributed by atoms with Crippen LogP contribution < -0.4 is 14.2 Å². The number of ether oxygens (including phenoxy) is 3. The maximum Gasteiger partial charge on any atom is 0.200 e. The molecule has 0 fully saturated rings. The minimum Gasteiger partial charge on any atom is -0.504 e. The Morgan fingerprint density at radius 2 is 1.91 bits per heavy atom. The molecule has 0 radical (unpaired) electrons. The van der Waals surface area contributed by atoms with E-state index in [9.17, 15) is 15.3 Å². The Kier molecular flexibility index (Phi) is 2.57. The van der Waals surface area contributed by atoms with E-state index >= 15 is 0 Å². The summed E-state index contributed by atoms with van der Waals surface area (Å²) in [6, 6.07) is 6.34. The van der Waals surface area contributed by atoms with E-state index in [1.54, 1.807) is 18.2 Å². The Morgan fingerprint density at radius 3 is 2.68 bits per heavy atom. The number of aromatic hydroxyl groups is 3. The van der Waals surface area contributed by atoms with E-state index in [1.807, 2.05) is 0 Å². The van der Waals surface area contributed by atoms with E-state index in [-0.39, 0.29) is 41.6 Å². The van der Waals surface area contributed by atoms with Crippen molar-refractivity contribution < 1.29 is 29.5 Å². The van der Waals surface area contributed by atoms with Gasteiger partial charge in [0.2, 0.25) is 5.75 Å². The third-order valence-corrected chi connectivity index (χ3v) is 4.18. The summed E-state index contributed by atoms with van der Waals surface area (Å²) in [7, 11) is 1.47. The predicted molar refractivity (Wildman–Crippen MR) is 76.0 cm³/mol. The summed E-state index contributed by atoms with van der Waals surface area (Å²) in [5.41, 5.74) is 1.50. The van der Waals surface area contributed by atoms with Gasteiger partial charge in [0.1, 0.15) is 11.9 Å². The van der Waals surface area contributed by atoms with Crippen molar-refractivity contribution in [1.82, 2.24) is 0 Å². The lowest BCUT2D eigenvalue weighted by Gasteiger charge is -2.28. The zero-order valence-electron chi connectivity index (χ0n) is 11.7. The molecular formula is C16H14O6. The van der Waals surface area contributed by atoms with Gasteiger partial charge in [-0.05, 0) is 18.2 Å². The van der Waals surface area contributed by atoms with Gasteiger partial charge < -0.3 is 29.5 Å². The van der Waals surface area contributed by atoms with Crippen LogP contribution in [0.2, 0.25) is 0 Å². The first-order valence-electron chi connectivity index (χ1n) is 6.85. The van der Waals surface area contributed by atoms with Gasteiger partial charge in [-0.2, -0.15) is 0 Å². The van der Waals surface area contributed by atoms with Crippen molar-refractivity contribution in [3.63, 3.8) is 0 Å². The second kappa shape index (κ2) is 4.37. The minimum atomic E-state index is -0.336. The molecule has 0 aliphatic carbocycles. The highest BCUT2D eigenvalue weighted by atomic mass is 16.5. The summed E-state index contributed by atoms with van der Waals surface area (Å²) in [5, 5.41) is 29.4. The largest absolute Gasteiger partial charge is 0.504 e. The molecular weight excluding hydrogens is 288 g/mol. The van der Waals surface area contributed by atoms with E-state index in [2.05, 4.69) is 0 Å². The normalized spacial score (nSPS) is 21.1. The molecule has 0 amide bonds. The average molecular weight is 302 g/mol. The molecule has 0 unspecified atom stereocenters. The van der Waals surface area contributed by atoms with Crippen LogP contribution in [-0.4, -0.2) is 29.0 Å². The zero-order valence-corrected chi connectivity index (χ0v) is 11.7. The molecule has 0 spiro atoms. The SMILES string of the molecule is COc1cc2c(cc1O)[C@H]1COc3c(ccc(O)c3O)[C@H]1O2. The number of hydrogen-bond donors (Lipinski definition) is 3. The number of methoxy groups -OCH3 is 1. The first-order valence-corrected chi connectivity index (χ1v) is 6.85. The summed E-state index contributed by atoms with van der Waals surface area (Å²) < 4.78 is 16.7. The van der Waals surface area contributed by atoms with Gasteiger partial charge in [-0.1, -0.05) is 0 Å². The smallest absolute Gasteiger partial charge is 0.200 e. The molecule has 6 nitrogen and oxygen atoms in total. The van der Waals surface area contributed by atoms with Gasteiger partial charge in [0.05, 0.1) is 19.6 Å². The molecule has 2 aliphatic rings. The monoisotopic (exact) mass is 302 g/mol. The molecule has 2 atom stereocenters. The second-order valence-corrected chi connectivity index (χ2v) is 5.37. The number of hydrogen-bond acceptors (Lipinski definition) is 6. The molecule has 2 aromatic carbocycles. The summed E-state index contributed by atoms with van der Waals surface area (Å²) in [6.45, 7) is 0.285. The van der Waals surface area contributed by atoms with Gasteiger partial charge in [0, 0.05) is 17.2 Å². The Balaban J connectivity index is 1.82. The van der Waals surface area contributed by atoms with Crippen molar-refractivity contribution in [2.75, 3.05) is 13.7 Å². The molecule has 3 N–H and O–H groups in total. The standard InChI is InChI=1S/C16H14O6/c1-20-13-5-12-8(4-11(13)18)9-6-21-16-7(15(9)22-12)2-3-10(17)14(16)19/h2-5,9,15,17-19H,6H2,1H3/t9-,15-/m1/s1. The minimum absolute atomic E-state index is 0.0462. The lowest BCUT2D eigenvalue weighted by Crippen LogP contribution is -2.23. The Labute approximate surface area is 126 Å². The topological polar surface area (TPSA) is 88.4 Å². The van der Waals surface area contributed by atoms with E-state index in [0.717, 1.165) is 5.56 Å². The molecule has 0 aromatic heterocycles. The van der Waals surface area contributed by atoms with Crippen molar-refractivity contribution in [1.29, 1.82) is 0 Å². The predicted octanol–water partition coefficient (Wildman–Crippen LogP) is 2.42. The number of phenolic OH excluding ortho intramolecular Hbond substituents is 3. The van der Waals surface area contributed by atoms with Crippen molar-refractivity contribution in [3.8, 4) is 34.5 Å². The Morgan fingerprint density at radius 1 is 1.09 bits per heavy atom. The van der Waals surface area contributed by atoms with Crippen LogP contribution in [0.1, 0.15) is 23.1 Å². The number of phenols is 3. The molecule has 4 rings (SSSR count). The molecule has 0 saturated carbocycles. The molecule has 22 heavy (non-hydrogen) atoms. The fraction of sp³-hybridized carbons (Fsp3) is 0.250. The van der Waals surface area contributed by atoms with Gasteiger partial charge >= 0.3 is 0 Å². The lowest BCUT2D eigenvalue weighted by molar-refractivity contribution is 0.135. The van der Waals surface area contributed by atoms with Crippen LogP contribution in [0.3, 0.4) is 0 Å². The van der Waals surface area contributed by atoms with Crippen LogP contribution >= 0.6 is 0 Å². The first kappa shape index (κ1) is 12.9. The first-order chi connectivity index (χ1) is 10.6. The van der Waals surface area contributed by atoms with Crippen LogP contribution in [0.5, 0.6) is 34.5 Å². The molecule has 114 valence electrons. The van der Waals surface area contributed by atoms with E-state index in [4.69, 9.17) is 14.2 Å². The maximum absolute atomic E-state index is 9.95. The van der Waals surface area contributed by atoms with Crippen LogP contribution in [0.15, 0.2) is 24.3 Å². The summed E-state index contributed by atoms with van der Waals surface area (Å²) in [6.07, 6.45) is -0.336. The lowest BCUT2D eigenvalue weighted by atomic mass is 9.89. The summed E-state index contributed by atoms with van der Waals surface area (Å²) in [4.78, 5) is 0. The van der Waals surface area contributed by atoms with Crippen molar-refractivity contribution >= 4 is 0 Å². The van der Waals surface area contributed by atoms with Gasteiger partial charge in [-0.25, -0.2) is 0 Å². The molecule has 0 bridgehead atoms. The number of fused-ring (bicyclic) bond motifs is 5. The number of benzene rings is 2. The highest BCUT2D eigenvalue weighted by molar-refractivity contribution is 5.60. The third kappa shape index (κ3) is 1.60. The zero-order chi connectivity index (χ0) is 15.4. The molecule has 2 heterocycles. The number of rotatable bonds is 1. The van der Waals surface area contributed by atoms with Crippen LogP contribution in [0, 0.1) is 0 Å². The average Bonchev–Trinajstić information content (AvgIpc) is 2.87. The third-order valence-electron chi connectivity index (χ3n) is 4.18. The molecule has 2 aliphatic heterocycles. The quantitative estimate of drug-likeness (QED) is 0.701. The Hall–Kier alpha value is -2.76. The van der Waals surface area contributed by atoms with Gasteiger partial charge in [0.25, 0.3) is 0 Å². The van der Waals surface area contributed by atoms with Crippen LogP contribution in [0.25, 0.3) is 0 Å². The van der Waals surface area contributed by atoms with Crippen LogP contribution in [-0.2, 0) is 0 Å². The highest BCUT2D eigenvalue weighted by Gasteiger charge is 2.42. The highest BCUT2D eigenvalue weighted by Crippen LogP contribution is 2.55. The fourth-order valence-electron chi connectivity index (χ4n) is 3.09. The van der Waals surface area contributed by atoms with Gasteiger partial charge in [0.15, 0.2) is 23.0 Å². The second-order valence-electron chi connectivity index (χ2n) is 5.37. The van der Waals surface area contributed by atoms with Crippen molar-refractivity contribution in [2.24, 2.45) is 0 Å². The Bertz CT molecular complexity index is 770. The van der Waals surface area contributed by atoms with E-state index in [1.165, 1.54) is 13.2 Å². The van der Waals surface area contributed by atoms with Gasteiger partial charge in [-0.15, -0.1) is 0 Å². The van der Waals surface area contributed by atoms with E-state index < -0.39 is 0 Å². The molecule has 2 aromatic rings. The maximum atomic E-state index is 9.95. The fourth-order valence-corrected chi connectivity index (χ4v) is 3.09. The van der Waals surface area contributed by atoms with Crippen molar-refractivity contribution in [2.45, 2.75) is 12.0 Å². The van der Waals surface area contributed by atoms with Crippen molar-refractivity contribution in [3.05, 3.63) is 35.4 Å². The molecule has 6 heteroatoms. The summed E-state index contributed by atoms with van der Waals surface area (Å²) >= 11 is 0. The van der Waals surface area contributed by atoms with E-state index in [0.29, 0.717) is 17.1 Å². The summed E-state index contributed by atoms with van der Waals surface area (Å²) in [5.74, 6) is 0.641. The van der Waals surface area contributed by atoms with Crippen LogP contribution in [0.4, 0.5) is 0 Å².